The van der Waals surface area contributed by atoms with Gasteiger partial charge in [0.1, 0.15) is 4.90 Å². The average Bonchev–Trinajstić information content (AvgIpc) is 2.36. The molecule has 1 aromatic carbocycles. The van der Waals surface area contributed by atoms with Crippen LogP contribution in [0.3, 0.4) is 0 Å². The monoisotopic (exact) mass is 386 g/mol. The van der Waals surface area contributed by atoms with E-state index in [9.17, 15) is 8.42 Å². The minimum absolute atomic E-state index is 0.140. The Balaban J connectivity index is 2.30. The molecule has 0 spiro atoms. The molecule has 1 aliphatic rings. The smallest absolute Gasteiger partial charge is 0.192 e. The van der Waals surface area contributed by atoms with Gasteiger partial charge in [-0.15, -0.1) is 15.3 Å². The molecular formula is C14H17BrN3O3S+. The molecule has 22 heavy (non-hydrogen) atoms. The van der Waals surface area contributed by atoms with Gasteiger partial charge >= 0.3 is 16.0 Å². The van der Waals surface area contributed by atoms with E-state index >= 15 is 0 Å². The van der Waals surface area contributed by atoms with E-state index in [1.54, 1.807) is 38.1 Å². The fourth-order valence-corrected chi connectivity index (χ4v) is 3.99. The first-order valence-corrected chi connectivity index (χ1v) is 8.76. The van der Waals surface area contributed by atoms with Crippen molar-refractivity contribution in [2.75, 3.05) is 0 Å². The minimum Gasteiger partial charge on any atom is -0.192 e. The second kappa shape index (κ2) is 6.31. The summed E-state index contributed by atoms with van der Waals surface area (Å²) in [6.45, 7) is 5.36. The highest BCUT2D eigenvalue weighted by Gasteiger charge is 2.25. The van der Waals surface area contributed by atoms with Crippen LogP contribution in [0.5, 0.6) is 0 Å². The van der Waals surface area contributed by atoms with Crippen LogP contribution in [0.15, 0.2) is 29.2 Å². The Kier molecular flexibility index (Phi) is 4.84. The van der Waals surface area contributed by atoms with E-state index in [2.05, 4.69) is 21.5 Å². The molecule has 0 saturated heterocycles. The molecule has 0 aliphatic carbocycles. The standard InChI is InChI=1S/C14H17BrN3O3S/c1-9-7-10(2)14(11(3)8-9)22(19,20)21-17-18-12(15)5-4-6-13(18)16/h4-5,7-8,16-17H,6H2,1-3H3/q+1. The molecular weight excluding hydrogens is 370 g/mol. The number of allylic oxidation sites excluding steroid dienone is 1. The van der Waals surface area contributed by atoms with Gasteiger partial charge in [0.25, 0.3) is 0 Å². The van der Waals surface area contributed by atoms with Crippen LogP contribution in [-0.2, 0) is 14.4 Å². The van der Waals surface area contributed by atoms with Crippen LogP contribution in [-0.4, -0.2) is 23.6 Å². The van der Waals surface area contributed by atoms with E-state index in [0.29, 0.717) is 22.2 Å². The fraction of sp³-hybridized carbons (Fsp3) is 0.286. The topological polar surface area (TPSA) is 82.3 Å². The third-order valence-electron chi connectivity index (χ3n) is 3.14. The molecule has 118 valence electrons. The van der Waals surface area contributed by atoms with Crippen molar-refractivity contribution in [3.05, 3.63) is 41.0 Å². The van der Waals surface area contributed by atoms with Gasteiger partial charge in [0.15, 0.2) is 4.62 Å². The zero-order valence-corrected chi connectivity index (χ0v) is 14.9. The maximum absolute atomic E-state index is 12.4. The van der Waals surface area contributed by atoms with E-state index in [1.165, 1.54) is 4.68 Å². The maximum atomic E-state index is 12.4. The molecule has 2 rings (SSSR count). The van der Waals surface area contributed by atoms with Crippen molar-refractivity contribution in [1.82, 2.24) is 5.59 Å². The van der Waals surface area contributed by atoms with Gasteiger partial charge in [-0.2, -0.15) is 8.42 Å². The Bertz CT molecular complexity index is 775. The van der Waals surface area contributed by atoms with Crippen molar-refractivity contribution in [1.29, 1.82) is 5.41 Å². The number of amidine groups is 1. The zero-order valence-electron chi connectivity index (χ0n) is 12.5. The van der Waals surface area contributed by atoms with Crippen molar-refractivity contribution in [2.45, 2.75) is 32.1 Å². The Morgan fingerprint density at radius 3 is 2.41 bits per heavy atom. The number of rotatable bonds is 4. The SMILES string of the molecule is Cc1cc(C)c(S(=O)(=O)ON[N+]2=C(Br)C=CCC2=N)c(C)c1. The highest BCUT2D eigenvalue weighted by Crippen LogP contribution is 2.23. The number of hydrazine groups is 1. The molecule has 8 heteroatoms. The number of benzene rings is 1. The van der Waals surface area contributed by atoms with Crippen molar-refractivity contribution in [3.8, 4) is 0 Å². The third kappa shape index (κ3) is 3.45. The Morgan fingerprint density at radius 1 is 1.27 bits per heavy atom. The number of nitrogens with zero attached hydrogens (tertiary/aromatic N) is 1. The minimum atomic E-state index is -3.99. The number of aryl methyl sites for hydroxylation is 3. The zero-order chi connectivity index (χ0) is 16.5. The van der Waals surface area contributed by atoms with Crippen LogP contribution in [0.1, 0.15) is 23.1 Å². The van der Waals surface area contributed by atoms with Gasteiger partial charge in [-0.1, -0.05) is 28.5 Å². The van der Waals surface area contributed by atoms with Crippen LogP contribution in [0, 0.1) is 26.2 Å². The summed E-state index contributed by atoms with van der Waals surface area (Å²) in [4.78, 5) is 0.140. The summed E-state index contributed by atoms with van der Waals surface area (Å²) < 4.78 is 31.5. The van der Waals surface area contributed by atoms with Crippen molar-refractivity contribution >= 4 is 36.5 Å². The van der Waals surface area contributed by atoms with Crippen LogP contribution in [0.4, 0.5) is 0 Å². The number of halogens is 1. The van der Waals surface area contributed by atoms with Crippen molar-refractivity contribution in [3.63, 3.8) is 0 Å². The number of nitrogens with one attached hydrogen (secondary N) is 2. The van der Waals surface area contributed by atoms with Crippen LogP contribution in [0.25, 0.3) is 0 Å². The first-order chi connectivity index (χ1) is 10.2. The highest BCUT2D eigenvalue weighted by molar-refractivity contribution is 9.18. The first kappa shape index (κ1) is 16.9. The summed E-state index contributed by atoms with van der Waals surface area (Å²) in [5, 5.41) is 7.79. The van der Waals surface area contributed by atoms with Crippen LogP contribution < -0.4 is 5.59 Å². The predicted octanol–water partition coefficient (Wildman–Crippen LogP) is 2.48. The van der Waals surface area contributed by atoms with Crippen molar-refractivity contribution in [2.24, 2.45) is 0 Å². The van der Waals surface area contributed by atoms with Gasteiger partial charge in [-0.3, -0.25) is 0 Å². The summed E-state index contributed by atoms with van der Waals surface area (Å²) in [5.41, 5.74) is 4.54. The molecule has 1 aromatic rings. The molecule has 0 radical (unpaired) electrons. The largest absolute Gasteiger partial charge is 0.320 e. The predicted molar refractivity (Wildman–Crippen MR) is 87.7 cm³/mol. The summed E-state index contributed by atoms with van der Waals surface area (Å²) in [6.07, 6.45) is 3.88. The molecule has 0 unspecified atom stereocenters. The van der Waals surface area contributed by atoms with E-state index in [1.807, 2.05) is 6.92 Å². The summed E-state index contributed by atoms with van der Waals surface area (Å²) in [7, 11) is -3.99. The van der Waals surface area contributed by atoms with E-state index in [0.717, 1.165) is 5.56 Å². The second-order valence-corrected chi connectivity index (χ2v) is 7.36. The van der Waals surface area contributed by atoms with Gasteiger partial charge in [0, 0.05) is 0 Å². The lowest BCUT2D eigenvalue weighted by atomic mass is 10.1. The van der Waals surface area contributed by atoms with Crippen LogP contribution in [0.2, 0.25) is 0 Å². The Labute approximate surface area is 138 Å². The number of hydrazone groups is 1. The maximum Gasteiger partial charge on any atom is 0.320 e. The lowest BCUT2D eigenvalue weighted by Gasteiger charge is -2.14. The molecule has 0 fully saturated rings. The molecule has 0 saturated carbocycles. The average molecular weight is 387 g/mol. The van der Waals surface area contributed by atoms with Gasteiger partial charge < -0.3 is 0 Å². The lowest BCUT2D eigenvalue weighted by Crippen LogP contribution is -2.39. The molecule has 2 N–H and O–H groups in total. The summed E-state index contributed by atoms with van der Waals surface area (Å²) in [6, 6.07) is 3.58. The number of hydrogen-bond acceptors (Lipinski definition) is 5. The molecule has 0 bridgehead atoms. The lowest BCUT2D eigenvalue weighted by molar-refractivity contribution is -0.532. The third-order valence-corrected chi connectivity index (χ3v) is 5.20. The molecule has 0 amide bonds. The highest BCUT2D eigenvalue weighted by atomic mass is 79.9. The van der Waals surface area contributed by atoms with Crippen molar-refractivity contribution < 1.29 is 17.4 Å². The Hall–Kier alpha value is -1.51. The van der Waals surface area contributed by atoms with Gasteiger partial charge in [-0.05, 0) is 53.9 Å². The number of hydrogen-bond donors (Lipinski definition) is 2. The second-order valence-electron chi connectivity index (χ2n) is 5.07. The first-order valence-electron chi connectivity index (χ1n) is 6.56. The summed E-state index contributed by atoms with van der Waals surface area (Å²) >= 11 is 3.24. The molecule has 1 aliphatic heterocycles. The Morgan fingerprint density at radius 2 is 1.86 bits per heavy atom. The molecule has 0 aromatic heterocycles. The van der Waals surface area contributed by atoms with Gasteiger partial charge in [0.05, 0.1) is 6.42 Å². The fourth-order valence-electron chi connectivity index (χ4n) is 2.35. The van der Waals surface area contributed by atoms with E-state index in [4.69, 9.17) is 9.69 Å². The normalized spacial score (nSPS) is 15.4. The van der Waals surface area contributed by atoms with Crippen LogP contribution >= 0.6 is 15.9 Å². The summed E-state index contributed by atoms with van der Waals surface area (Å²) in [5.74, 6) is 0.168. The molecule has 0 atom stereocenters. The van der Waals surface area contributed by atoms with E-state index < -0.39 is 10.1 Å². The van der Waals surface area contributed by atoms with Gasteiger partial charge in [-0.25, -0.2) is 0 Å². The molecule has 6 nitrogen and oxygen atoms in total. The quantitative estimate of drug-likeness (QED) is 0.614. The van der Waals surface area contributed by atoms with E-state index in [-0.39, 0.29) is 10.7 Å². The molecule has 1 heterocycles. The van der Waals surface area contributed by atoms with Gasteiger partial charge in [0.2, 0.25) is 0 Å².